The number of hydrogen-bond acceptors (Lipinski definition) is 4. The van der Waals surface area contributed by atoms with Crippen LogP contribution in [-0.4, -0.2) is 26.7 Å². The molecular weight excluding hydrogens is 406 g/mol. The van der Waals surface area contributed by atoms with Crippen molar-refractivity contribution in [2.75, 3.05) is 20.8 Å². The van der Waals surface area contributed by atoms with Crippen molar-refractivity contribution in [1.29, 1.82) is 0 Å². The first-order chi connectivity index (χ1) is 13.2. The summed E-state index contributed by atoms with van der Waals surface area (Å²) in [5.74, 6) is 1.15. The molecule has 0 radical (unpaired) electrons. The third-order valence-corrected chi connectivity index (χ3v) is 5.12. The van der Waals surface area contributed by atoms with E-state index in [2.05, 4.69) is 43.5 Å². The van der Waals surface area contributed by atoms with E-state index in [-0.39, 0.29) is 28.5 Å². The van der Waals surface area contributed by atoms with Gasteiger partial charge in [-0.05, 0) is 44.3 Å². The molecule has 0 bridgehead atoms. The van der Waals surface area contributed by atoms with Crippen LogP contribution < -0.4 is 5.32 Å². The zero-order valence-corrected chi connectivity index (χ0v) is 17.0. The van der Waals surface area contributed by atoms with Crippen molar-refractivity contribution in [2.24, 2.45) is 11.3 Å². The molecule has 1 saturated heterocycles. The van der Waals surface area contributed by atoms with E-state index in [1.165, 1.54) is 7.11 Å². The minimum absolute atomic E-state index is 0. The summed E-state index contributed by atoms with van der Waals surface area (Å²) in [6, 6.07) is 0. The Hall–Kier alpha value is -1.97. The van der Waals surface area contributed by atoms with Crippen LogP contribution in [-0.2, 0) is 45.3 Å². The molecule has 0 unspecified atom stereocenters. The predicted molar refractivity (Wildman–Crippen MR) is 92.1 cm³/mol. The summed E-state index contributed by atoms with van der Waals surface area (Å²) in [6.07, 6.45) is 11.6. The summed E-state index contributed by atoms with van der Waals surface area (Å²) in [5.41, 5.74) is 2.10. The van der Waals surface area contributed by atoms with Crippen LogP contribution in [0.25, 0.3) is 0 Å². The van der Waals surface area contributed by atoms with Crippen molar-refractivity contribution >= 4 is 5.97 Å². The summed E-state index contributed by atoms with van der Waals surface area (Å²) in [4.78, 5) is 12.0. The van der Waals surface area contributed by atoms with Gasteiger partial charge in [0.15, 0.2) is 0 Å². The van der Waals surface area contributed by atoms with Gasteiger partial charge >= 0.3 is 39.9 Å². The Morgan fingerprint density at radius 3 is 2.36 bits per heavy atom. The molecule has 8 heteroatoms. The fourth-order valence-electron chi connectivity index (χ4n) is 3.96. The maximum atomic E-state index is 12.0. The van der Waals surface area contributed by atoms with Crippen LogP contribution in [0.4, 0.5) is 0 Å². The smallest absolute Gasteiger partial charge is 0 e. The Kier molecular flexibility index (Phi) is 15.1. The molecule has 0 aromatic rings. The molecule has 1 fully saturated rings. The summed E-state index contributed by atoms with van der Waals surface area (Å²) in [6.45, 7) is 14.4. The van der Waals surface area contributed by atoms with Gasteiger partial charge in [-0.15, -0.1) is 0 Å². The van der Waals surface area contributed by atoms with Gasteiger partial charge in [-0.2, -0.15) is 0 Å². The van der Waals surface area contributed by atoms with Gasteiger partial charge in [-0.3, -0.25) is 0 Å². The van der Waals surface area contributed by atoms with Crippen molar-refractivity contribution < 1.29 is 45.3 Å². The Bertz CT molecular complexity index is 647. The standard InChI is InChI=1S/C17H23NO3.3CO.Fe/c1-20-12-5-8-17(9-6-12)10-7-13(16(19)21-2)15-14(17)4-3-11-18-15;3*1-2;/h5-6,8,14,18H,3-4,7,9-11H2,1-2H3;;;;/t14-,17+;;;;/m1..../s1. The van der Waals surface area contributed by atoms with Gasteiger partial charge in [0.05, 0.1) is 19.8 Å². The number of allylic oxidation sites excluding steroid dienone is 4. The van der Waals surface area contributed by atoms with Crippen LogP contribution in [0.1, 0.15) is 32.1 Å². The van der Waals surface area contributed by atoms with Gasteiger partial charge in [0.1, 0.15) is 5.76 Å². The van der Waals surface area contributed by atoms with Crippen LogP contribution in [0.5, 0.6) is 0 Å². The van der Waals surface area contributed by atoms with E-state index in [1.807, 2.05) is 0 Å². The average molecular weight is 429 g/mol. The molecule has 28 heavy (non-hydrogen) atoms. The number of fused-ring (bicyclic) bond motifs is 2. The van der Waals surface area contributed by atoms with Crippen molar-refractivity contribution in [3.05, 3.63) is 55.2 Å². The van der Waals surface area contributed by atoms with Gasteiger partial charge in [0.2, 0.25) is 0 Å². The molecule has 1 heterocycles. The molecule has 1 N–H and O–H groups in total. The van der Waals surface area contributed by atoms with Crippen molar-refractivity contribution in [1.82, 2.24) is 5.32 Å². The van der Waals surface area contributed by atoms with Crippen LogP contribution in [0, 0.1) is 31.3 Å². The zero-order chi connectivity index (χ0) is 20.9. The van der Waals surface area contributed by atoms with Gasteiger partial charge < -0.3 is 14.8 Å². The normalized spacial score (nSPS) is 23.7. The molecule has 1 spiro atoms. The van der Waals surface area contributed by atoms with Gasteiger partial charge in [0.25, 0.3) is 0 Å². The summed E-state index contributed by atoms with van der Waals surface area (Å²) < 4.78 is 32.8. The average Bonchev–Trinajstić information content (AvgIpc) is 2.78. The zero-order valence-electron chi connectivity index (χ0n) is 15.9. The Morgan fingerprint density at radius 2 is 1.86 bits per heavy atom. The minimum atomic E-state index is -0.174. The third-order valence-electron chi connectivity index (χ3n) is 5.12. The Morgan fingerprint density at radius 1 is 1.21 bits per heavy atom. The quantitative estimate of drug-likeness (QED) is 0.315. The number of carbonyl (C=O) groups is 1. The molecule has 152 valence electrons. The van der Waals surface area contributed by atoms with E-state index < -0.39 is 0 Å². The second-order valence-corrected chi connectivity index (χ2v) is 6.09. The molecule has 0 amide bonds. The number of hydrogen-bond donors (Lipinski definition) is 1. The van der Waals surface area contributed by atoms with Gasteiger partial charge in [-0.1, -0.05) is 6.08 Å². The van der Waals surface area contributed by atoms with E-state index in [0.717, 1.165) is 55.7 Å². The number of methoxy groups -OCH3 is 2. The molecule has 2 atom stereocenters. The van der Waals surface area contributed by atoms with Crippen LogP contribution in [0.3, 0.4) is 0 Å². The van der Waals surface area contributed by atoms with Gasteiger partial charge in [-0.25, -0.2) is 4.79 Å². The molecular formula is C20H23FeNO6. The van der Waals surface area contributed by atoms with Crippen LogP contribution in [0.15, 0.2) is 35.3 Å². The Labute approximate surface area is 176 Å². The van der Waals surface area contributed by atoms with E-state index >= 15 is 0 Å². The van der Waals surface area contributed by atoms with E-state index in [9.17, 15) is 4.79 Å². The first kappa shape index (κ1) is 28.2. The minimum Gasteiger partial charge on any atom is 0 e. The number of carbonyl (C=O) groups excluding carboxylic acids is 1. The topological polar surface area (TPSA) is 107 Å². The number of piperidine rings is 1. The number of nitrogens with one attached hydrogen (secondary N) is 1. The van der Waals surface area contributed by atoms with Crippen molar-refractivity contribution in [2.45, 2.75) is 32.1 Å². The van der Waals surface area contributed by atoms with E-state index in [1.54, 1.807) is 7.11 Å². The van der Waals surface area contributed by atoms with Crippen LogP contribution >= 0.6 is 0 Å². The van der Waals surface area contributed by atoms with E-state index in [0.29, 0.717) is 5.92 Å². The van der Waals surface area contributed by atoms with Crippen molar-refractivity contribution in [3.8, 4) is 0 Å². The second kappa shape index (κ2) is 15.0. The van der Waals surface area contributed by atoms with Gasteiger partial charge in [0, 0.05) is 40.6 Å². The molecule has 0 aromatic carbocycles. The fourth-order valence-corrected chi connectivity index (χ4v) is 3.96. The summed E-state index contributed by atoms with van der Waals surface area (Å²) in [7, 11) is 3.17. The SMILES string of the molecule is COC(=O)C1=C2NCCC[C@H]2[C@]2(C=CC(OC)=CC2)CC1.[C-]#[O+].[C-]#[O+].[C-]#[O+].[Fe]. The Balaban J connectivity index is 0. The largest absolute Gasteiger partial charge is 0 e. The summed E-state index contributed by atoms with van der Waals surface area (Å²) >= 11 is 0. The predicted octanol–water partition coefficient (Wildman–Crippen LogP) is 2.57. The monoisotopic (exact) mass is 429 g/mol. The molecule has 7 nitrogen and oxygen atoms in total. The first-order valence-corrected chi connectivity index (χ1v) is 8.30. The molecule has 0 aromatic heterocycles. The maximum Gasteiger partial charge on any atom is 0 e. The van der Waals surface area contributed by atoms with Crippen molar-refractivity contribution in [3.63, 3.8) is 0 Å². The number of esters is 1. The second-order valence-electron chi connectivity index (χ2n) is 6.09. The first-order valence-electron chi connectivity index (χ1n) is 8.30. The van der Waals surface area contributed by atoms with Crippen LogP contribution in [0.2, 0.25) is 0 Å². The molecule has 3 aliphatic rings. The molecule has 0 saturated carbocycles. The summed E-state index contributed by atoms with van der Waals surface area (Å²) in [5, 5.41) is 3.48. The third kappa shape index (κ3) is 6.29. The number of rotatable bonds is 2. The fraction of sp³-hybridized carbons (Fsp3) is 0.500. The molecule has 2 aliphatic carbocycles. The number of ether oxygens (including phenoxy) is 2. The maximum absolute atomic E-state index is 12.0. The van der Waals surface area contributed by atoms with E-state index in [4.69, 9.17) is 23.4 Å². The molecule has 1 aliphatic heterocycles. The molecule has 3 rings (SSSR count).